The average molecular weight is 355 g/mol. The fourth-order valence-corrected chi connectivity index (χ4v) is 4.56. The molecule has 0 spiro atoms. The van der Waals surface area contributed by atoms with Gasteiger partial charge >= 0.3 is 111 Å². The predicted molar refractivity (Wildman–Crippen MR) is 73.6 cm³/mol. The van der Waals surface area contributed by atoms with Gasteiger partial charge in [0.1, 0.15) is 0 Å². The van der Waals surface area contributed by atoms with E-state index in [1.165, 1.54) is 13.2 Å². The van der Waals surface area contributed by atoms with Gasteiger partial charge in [0.25, 0.3) is 0 Å². The van der Waals surface area contributed by atoms with Gasteiger partial charge in [-0.25, -0.2) is 0 Å². The first-order valence-corrected chi connectivity index (χ1v) is 15.8. The van der Waals surface area contributed by atoms with Crippen molar-refractivity contribution < 1.29 is 13.5 Å². The van der Waals surface area contributed by atoms with Crippen LogP contribution in [-0.4, -0.2) is 25.5 Å². The Morgan fingerprint density at radius 3 is 2.33 bits per heavy atom. The molecule has 0 aliphatic carbocycles. The molecule has 0 saturated carbocycles. The van der Waals surface area contributed by atoms with E-state index in [2.05, 4.69) is 14.8 Å². The second-order valence-electron chi connectivity index (χ2n) is 5.26. The molecule has 96 valence electrons. The summed E-state index contributed by atoms with van der Waals surface area (Å²) in [7, 11) is 1.52. The van der Waals surface area contributed by atoms with Gasteiger partial charge in [-0.05, 0) is 0 Å². The van der Waals surface area contributed by atoms with Crippen molar-refractivity contribution in [2.45, 2.75) is 14.8 Å². The summed E-state index contributed by atoms with van der Waals surface area (Å²) < 4.78 is 25.7. The third-order valence-electron chi connectivity index (χ3n) is 2.79. The number of ether oxygens (including phenoxy) is 1. The normalized spacial score (nSPS) is 11.6. The summed E-state index contributed by atoms with van der Waals surface area (Å²) in [6.07, 6.45) is 0. The summed E-state index contributed by atoms with van der Waals surface area (Å²) in [6.45, 7) is 0. The first kappa shape index (κ1) is 13.5. The topological polar surface area (TPSA) is 22.4 Å². The van der Waals surface area contributed by atoms with Gasteiger partial charge in [0, 0.05) is 0 Å². The zero-order chi connectivity index (χ0) is 13.3. The monoisotopic (exact) mass is 356 g/mol. The van der Waals surface area contributed by atoms with Crippen molar-refractivity contribution in [2.75, 3.05) is 7.11 Å². The molecule has 2 rings (SSSR count). The van der Waals surface area contributed by atoms with Crippen LogP contribution in [-0.2, 0) is 0 Å². The number of halogens is 1. The third kappa shape index (κ3) is 2.71. The van der Waals surface area contributed by atoms with E-state index in [0.717, 1.165) is 3.78 Å². The Bertz CT molecular complexity index is 555. The van der Waals surface area contributed by atoms with Crippen LogP contribution in [0.5, 0.6) is 5.75 Å². The van der Waals surface area contributed by atoms with E-state index in [1.807, 2.05) is 12.1 Å². The SMILES string of the molecule is COc1ccc(-c2cc[c]([Sn]([CH3])([CH3])[CH3])o2)c(F)c1. The quantitative estimate of drug-likeness (QED) is 0.785. The van der Waals surface area contributed by atoms with Gasteiger partial charge in [-0.3, -0.25) is 0 Å². The van der Waals surface area contributed by atoms with Gasteiger partial charge in [0.2, 0.25) is 0 Å². The molecule has 1 heterocycles. The van der Waals surface area contributed by atoms with Crippen LogP contribution in [0.4, 0.5) is 4.39 Å². The van der Waals surface area contributed by atoms with Crippen molar-refractivity contribution >= 4 is 22.2 Å². The Morgan fingerprint density at radius 2 is 1.83 bits per heavy atom. The van der Waals surface area contributed by atoms with Gasteiger partial charge < -0.3 is 0 Å². The molecular weight excluding hydrogens is 338 g/mol. The maximum absolute atomic E-state index is 13.9. The molecule has 0 radical (unpaired) electrons. The number of methoxy groups -OCH3 is 1. The van der Waals surface area contributed by atoms with Gasteiger partial charge in [0.15, 0.2) is 0 Å². The van der Waals surface area contributed by atoms with E-state index in [9.17, 15) is 4.39 Å². The molecule has 18 heavy (non-hydrogen) atoms. The Labute approximate surface area is 111 Å². The molecule has 0 unspecified atom stereocenters. The van der Waals surface area contributed by atoms with Crippen molar-refractivity contribution in [1.82, 2.24) is 0 Å². The van der Waals surface area contributed by atoms with Crippen molar-refractivity contribution in [3.8, 4) is 17.1 Å². The van der Waals surface area contributed by atoms with Crippen LogP contribution in [0.3, 0.4) is 0 Å². The molecule has 0 atom stereocenters. The first-order chi connectivity index (χ1) is 8.41. The van der Waals surface area contributed by atoms with Crippen LogP contribution in [0.2, 0.25) is 14.8 Å². The predicted octanol–water partition coefficient (Wildman–Crippen LogP) is 3.64. The van der Waals surface area contributed by atoms with Crippen molar-refractivity contribution in [1.29, 1.82) is 0 Å². The zero-order valence-corrected chi connectivity index (χ0v) is 13.9. The standard InChI is InChI=1S/C11H8FO2.3CH3.Sn/c1-13-8-4-5-9(10(12)7-8)11-3-2-6-14-11;;;;/h2-5,7H,1H3;3*1H3;. The van der Waals surface area contributed by atoms with Gasteiger partial charge in [-0.15, -0.1) is 0 Å². The van der Waals surface area contributed by atoms with E-state index >= 15 is 0 Å². The number of hydrogen-bond donors (Lipinski definition) is 0. The maximum atomic E-state index is 13.9. The summed E-state index contributed by atoms with van der Waals surface area (Å²) in [5, 5.41) is 0. The van der Waals surface area contributed by atoms with Crippen LogP contribution in [0.1, 0.15) is 0 Å². The van der Waals surface area contributed by atoms with E-state index in [-0.39, 0.29) is 5.82 Å². The fraction of sp³-hybridized carbons (Fsp3) is 0.286. The minimum atomic E-state index is -2.22. The number of hydrogen-bond acceptors (Lipinski definition) is 2. The van der Waals surface area contributed by atoms with Crippen LogP contribution in [0.25, 0.3) is 11.3 Å². The molecule has 0 bridgehead atoms. The third-order valence-corrected chi connectivity index (χ3v) is 7.77. The van der Waals surface area contributed by atoms with E-state index in [4.69, 9.17) is 9.15 Å². The molecule has 0 saturated heterocycles. The molecule has 2 nitrogen and oxygen atoms in total. The van der Waals surface area contributed by atoms with Gasteiger partial charge in [-0.1, -0.05) is 0 Å². The molecule has 4 heteroatoms. The molecular formula is C14H17FO2Sn. The van der Waals surface area contributed by atoms with Crippen LogP contribution < -0.4 is 8.51 Å². The number of benzene rings is 1. The molecule has 1 aromatic heterocycles. The summed E-state index contributed by atoms with van der Waals surface area (Å²) >= 11 is -2.22. The molecule has 0 fully saturated rings. The van der Waals surface area contributed by atoms with E-state index < -0.39 is 18.4 Å². The number of rotatable bonds is 3. The summed E-state index contributed by atoms with van der Waals surface area (Å²) in [4.78, 5) is 6.80. The Morgan fingerprint density at radius 1 is 1.11 bits per heavy atom. The van der Waals surface area contributed by atoms with Crippen molar-refractivity contribution in [3.05, 3.63) is 36.1 Å². The minimum absolute atomic E-state index is 0.320. The Hall–Kier alpha value is -0.971. The van der Waals surface area contributed by atoms with Crippen molar-refractivity contribution in [3.63, 3.8) is 0 Å². The first-order valence-electron chi connectivity index (χ1n) is 5.86. The second-order valence-corrected chi connectivity index (χ2v) is 19.5. The van der Waals surface area contributed by atoms with E-state index in [1.54, 1.807) is 12.1 Å². The molecule has 0 N–H and O–H groups in total. The molecule has 0 aliphatic rings. The second kappa shape index (κ2) is 4.96. The number of furan rings is 1. The van der Waals surface area contributed by atoms with Crippen LogP contribution in [0, 0.1) is 5.82 Å². The average Bonchev–Trinajstić information content (AvgIpc) is 2.77. The molecule has 1 aromatic carbocycles. The molecule has 0 amide bonds. The molecule has 2 aromatic rings. The molecule has 0 aliphatic heterocycles. The summed E-state index contributed by atoms with van der Waals surface area (Å²) in [6, 6.07) is 8.63. The summed E-state index contributed by atoms with van der Waals surface area (Å²) in [5.41, 5.74) is 0.484. The zero-order valence-electron chi connectivity index (χ0n) is 11.1. The van der Waals surface area contributed by atoms with Gasteiger partial charge in [0.05, 0.1) is 0 Å². The van der Waals surface area contributed by atoms with Gasteiger partial charge in [-0.2, -0.15) is 0 Å². The van der Waals surface area contributed by atoms with Crippen LogP contribution >= 0.6 is 0 Å². The Kier molecular flexibility index (Phi) is 3.71. The summed E-state index contributed by atoms with van der Waals surface area (Å²) in [5.74, 6) is 0.786. The Balaban J connectivity index is 2.40. The van der Waals surface area contributed by atoms with Crippen molar-refractivity contribution in [2.24, 2.45) is 0 Å². The fourth-order valence-electron chi connectivity index (χ4n) is 1.71. The van der Waals surface area contributed by atoms with Crippen LogP contribution in [0.15, 0.2) is 34.7 Å². The van der Waals surface area contributed by atoms with E-state index in [0.29, 0.717) is 17.1 Å².